The molecule has 1 fully saturated rings. The predicted molar refractivity (Wildman–Crippen MR) is 116 cm³/mol. The lowest BCUT2D eigenvalue weighted by Gasteiger charge is -2.20. The van der Waals surface area contributed by atoms with Gasteiger partial charge in [-0.2, -0.15) is 0 Å². The van der Waals surface area contributed by atoms with Crippen molar-refractivity contribution in [3.05, 3.63) is 54.1 Å². The predicted octanol–water partition coefficient (Wildman–Crippen LogP) is 5.00. The van der Waals surface area contributed by atoms with Crippen LogP contribution in [0, 0.1) is 0 Å². The minimum absolute atomic E-state index is 0.856. The van der Waals surface area contributed by atoms with Gasteiger partial charge in [0.15, 0.2) is 11.6 Å². The van der Waals surface area contributed by atoms with Crippen LogP contribution in [-0.4, -0.2) is 35.4 Å². The molecule has 0 spiro atoms. The van der Waals surface area contributed by atoms with E-state index in [0.717, 1.165) is 54.5 Å². The van der Waals surface area contributed by atoms with Gasteiger partial charge in [-0.1, -0.05) is 37.3 Å². The maximum Gasteiger partial charge on any atom is 0.172 e. The van der Waals surface area contributed by atoms with Gasteiger partial charge in [0.25, 0.3) is 0 Å². The highest BCUT2D eigenvalue weighted by molar-refractivity contribution is 7.99. The van der Waals surface area contributed by atoms with Gasteiger partial charge in [0.1, 0.15) is 0 Å². The number of aromatic nitrogens is 2. The van der Waals surface area contributed by atoms with Gasteiger partial charge in [-0.05, 0) is 48.8 Å². The zero-order valence-electron chi connectivity index (χ0n) is 15.8. The van der Waals surface area contributed by atoms with Gasteiger partial charge in [-0.3, -0.25) is 0 Å². The molecule has 0 saturated carbocycles. The van der Waals surface area contributed by atoms with Crippen molar-refractivity contribution in [3.8, 4) is 0 Å². The van der Waals surface area contributed by atoms with Crippen molar-refractivity contribution in [2.24, 2.45) is 0 Å². The largest absolute Gasteiger partial charge is 0.367 e. The first-order chi connectivity index (χ1) is 13.3. The van der Waals surface area contributed by atoms with Crippen LogP contribution < -0.4 is 10.2 Å². The number of thioether (sulfide) groups is 1. The molecule has 1 aliphatic rings. The minimum Gasteiger partial charge on any atom is -0.367 e. The number of anilines is 2. The third-order valence-corrected chi connectivity index (χ3v) is 5.91. The van der Waals surface area contributed by atoms with Crippen molar-refractivity contribution in [3.63, 3.8) is 0 Å². The summed E-state index contributed by atoms with van der Waals surface area (Å²) in [5.74, 6) is 3.01. The zero-order valence-corrected chi connectivity index (χ0v) is 16.6. The first kappa shape index (κ1) is 18.1. The summed E-state index contributed by atoms with van der Waals surface area (Å²) in [7, 11) is 0. The summed E-state index contributed by atoms with van der Waals surface area (Å²) >= 11 is 1.91. The molecule has 0 amide bonds. The number of hydrogen-bond donors (Lipinski definition) is 1. The van der Waals surface area contributed by atoms with Gasteiger partial charge >= 0.3 is 0 Å². The summed E-state index contributed by atoms with van der Waals surface area (Å²) in [6.07, 6.45) is 3.45. The third-order valence-electron chi connectivity index (χ3n) is 4.92. The summed E-state index contributed by atoms with van der Waals surface area (Å²) in [6.45, 7) is 5.19. The van der Waals surface area contributed by atoms with Crippen molar-refractivity contribution >= 4 is 34.4 Å². The maximum atomic E-state index is 4.93. The molecule has 5 heteroatoms. The smallest absolute Gasteiger partial charge is 0.172 e. The molecule has 0 atom stereocenters. The Morgan fingerprint density at radius 1 is 0.963 bits per heavy atom. The highest BCUT2D eigenvalue weighted by Gasteiger charge is 2.19. The highest BCUT2D eigenvalue weighted by atomic mass is 32.2. The van der Waals surface area contributed by atoms with E-state index >= 15 is 0 Å². The molecule has 0 radical (unpaired) electrons. The Labute approximate surface area is 165 Å². The number of benzene rings is 2. The van der Waals surface area contributed by atoms with Crippen LogP contribution in [0.15, 0.2) is 53.4 Å². The second kappa shape index (κ2) is 8.61. The number of nitrogens with one attached hydrogen (secondary N) is 1. The molecular formula is C22H26N4S. The van der Waals surface area contributed by atoms with E-state index in [0.29, 0.717) is 0 Å². The maximum absolute atomic E-state index is 4.93. The van der Waals surface area contributed by atoms with Crippen molar-refractivity contribution in [2.45, 2.75) is 31.1 Å². The SMILES string of the molecule is CCSc1ccccc1CCNc1nc2ccccc2nc1N1CCCC1. The summed E-state index contributed by atoms with van der Waals surface area (Å²) in [6, 6.07) is 16.8. The molecule has 140 valence electrons. The number of fused-ring (bicyclic) bond motifs is 1. The van der Waals surface area contributed by atoms with Gasteiger partial charge in [0.05, 0.1) is 11.0 Å². The summed E-state index contributed by atoms with van der Waals surface area (Å²) < 4.78 is 0. The topological polar surface area (TPSA) is 41.1 Å². The Kier molecular flexibility index (Phi) is 5.78. The van der Waals surface area contributed by atoms with E-state index in [4.69, 9.17) is 9.97 Å². The monoisotopic (exact) mass is 378 g/mol. The number of rotatable bonds is 7. The quantitative estimate of drug-likeness (QED) is 0.586. The summed E-state index contributed by atoms with van der Waals surface area (Å²) in [5, 5.41) is 3.58. The first-order valence-electron chi connectivity index (χ1n) is 9.81. The Bertz CT molecular complexity index is 906. The number of hydrogen-bond acceptors (Lipinski definition) is 5. The van der Waals surface area contributed by atoms with Crippen LogP contribution in [0.3, 0.4) is 0 Å². The van der Waals surface area contributed by atoms with Gasteiger partial charge in [-0.15, -0.1) is 11.8 Å². The second-order valence-corrected chi connectivity index (χ2v) is 8.10. The van der Waals surface area contributed by atoms with Gasteiger partial charge < -0.3 is 10.2 Å². The van der Waals surface area contributed by atoms with E-state index in [2.05, 4.69) is 41.4 Å². The molecular weight excluding hydrogens is 352 g/mol. The average molecular weight is 379 g/mol. The Hall–Kier alpha value is -2.27. The fraction of sp³-hybridized carbons (Fsp3) is 0.364. The normalized spacial score (nSPS) is 14.0. The second-order valence-electron chi connectivity index (χ2n) is 6.80. The molecule has 0 bridgehead atoms. The third kappa shape index (κ3) is 4.19. The summed E-state index contributed by atoms with van der Waals surface area (Å²) in [5.41, 5.74) is 3.31. The molecule has 4 rings (SSSR count). The Morgan fingerprint density at radius 3 is 2.44 bits per heavy atom. The Morgan fingerprint density at radius 2 is 1.67 bits per heavy atom. The van der Waals surface area contributed by atoms with E-state index in [1.165, 1.54) is 23.3 Å². The molecule has 0 aliphatic carbocycles. The van der Waals surface area contributed by atoms with E-state index in [9.17, 15) is 0 Å². The molecule has 1 aliphatic heterocycles. The van der Waals surface area contributed by atoms with Gasteiger partial charge in [-0.25, -0.2) is 9.97 Å². The van der Waals surface area contributed by atoms with Crippen molar-refractivity contribution in [1.29, 1.82) is 0 Å². The van der Waals surface area contributed by atoms with E-state index in [1.54, 1.807) is 0 Å². The van der Waals surface area contributed by atoms with Crippen LogP contribution >= 0.6 is 11.8 Å². The standard InChI is InChI=1S/C22H26N4S/c1-2-27-20-12-6-3-9-17(20)13-14-23-21-22(26-15-7-8-16-26)25-19-11-5-4-10-18(19)24-21/h3-6,9-12H,2,7-8,13-16H2,1H3,(H,23,24). The molecule has 1 saturated heterocycles. The molecule has 0 unspecified atom stereocenters. The average Bonchev–Trinajstić information content (AvgIpc) is 3.23. The number of para-hydroxylation sites is 2. The molecule has 1 N–H and O–H groups in total. The van der Waals surface area contributed by atoms with Crippen LogP contribution in [0.25, 0.3) is 11.0 Å². The lowest BCUT2D eigenvalue weighted by molar-refractivity contribution is 0.924. The zero-order chi connectivity index (χ0) is 18.5. The lowest BCUT2D eigenvalue weighted by atomic mass is 10.1. The van der Waals surface area contributed by atoms with Crippen LogP contribution in [0.5, 0.6) is 0 Å². The van der Waals surface area contributed by atoms with E-state index in [-0.39, 0.29) is 0 Å². The van der Waals surface area contributed by atoms with Crippen LogP contribution in [-0.2, 0) is 6.42 Å². The molecule has 3 aromatic rings. The van der Waals surface area contributed by atoms with Gasteiger partial charge in [0, 0.05) is 24.5 Å². The molecule has 1 aromatic heterocycles. The fourth-order valence-corrected chi connectivity index (χ4v) is 4.42. The minimum atomic E-state index is 0.856. The molecule has 27 heavy (non-hydrogen) atoms. The highest BCUT2D eigenvalue weighted by Crippen LogP contribution is 2.28. The van der Waals surface area contributed by atoms with Gasteiger partial charge in [0.2, 0.25) is 0 Å². The number of nitrogens with zero attached hydrogens (tertiary/aromatic N) is 3. The van der Waals surface area contributed by atoms with Crippen LogP contribution in [0.4, 0.5) is 11.6 Å². The molecule has 4 nitrogen and oxygen atoms in total. The fourth-order valence-electron chi connectivity index (χ4n) is 3.58. The Balaban J connectivity index is 1.55. The summed E-state index contributed by atoms with van der Waals surface area (Å²) in [4.78, 5) is 13.6. The van der Waals surface area contributed by atoms with Crippen LogP contribution in [0.2, 0.25) is 0 Å². The van der Waals surface area contributed by atoms with Crippen molar-refractivity contribution in [1.82, 2.24) is 9.97 Å². The van der Waals surface area contributed by atoms with E-state index in [1.807, 2.05) is 36.0 Å². The lowest BCUT2D eigenvalue weighted by Crippen LogP contribution is -2.22. The van der Waals surface area contributed by atoms with Crippen LogP contribution in [0.1, 0.15) is 25.3 Å². The molecule has 2 aromatic carbocycles. The first-order valence-corrected chi connectivity index (χ1v) is 10.8. The molecule has 2 heterocycles. The van der Waals surface area contributed by atoms with Crippen molar-refractivity contribution in [2.75, 3.05) is 35.6 Å². The van der Waals surface area contributed by atoms with E-state index < -0.39 is 0 Å². The van der Waals surface area contributed by atoms with Crippen molar-refractivity contribution < 1.29 is 0 Å².